The third kappa shape index (κ3) is 3.41. The summed E-state index contributed by atoms with van der Waals surface area (Å²) >= 11 is 0. The normalized spacial score (nSPS) is 23.1. The summed E-state index contributed by atoms with van der Waals surface area (Å²) in [5.74, 6) is 0. The van der Waals surface area contributed by atoms with Crippen molar-refractivity contribution in [3.8, 4) is 0 Å². The highest BCUT2D eigenvalue weighted by atomic mass is 15.3. The van der Waals surface area contributed by atoms with Crippen LogP contribution in [0.3, 0.4) is 0 Å². The zero-order valence-electron chi connectivity index (χ0n) is 13.6. The molecule has 2 saturated heterocycles. The van der Waals surface area contributed by atoms with E-state index in [2.05, 4.69) is 47.2 Å². The molecule has 116 valence electrons. The Labute approximate surface area is 129 Å². The van der Waals surface area contributed by atoms with Crippen LogP contribution >= 0.6 is 0 Å². The van der Waals surface area contributed by atoms with Crippen LogP contribution in [0.1, 0.15) is 37.3 Å². The molecular formula is C18H29N3. The summed E-state index contributed by atoms with van der Waals surface area (Å²) < 4.78 is 0. The maximum Gasteiger partial charge on any atom is 0.0412 e. The number of benzene rings is 1. The van der Waals surface area contributed by atoms with Crippen molar-refractivity contribution in [2.75, 3.05) is 37.6 Å². The van der Waals surface area contributed by atoms with Crippen molar-refractivity contribution in [2.45, 2.75) is 45.7 Å². The Morgan fingerprint density at radius 3 is 2.90 bits per heavy atom. The fourth-order valence-corrected chi connectivity index (χ4v) is 3.85. The standard InChI is InChI=1S/C18H29N3/c1-3-19-13-16-12-15(2)7-8-18(16)21-11-5-10-20-9-4-6-17(20)14-21/h7-8,12,17,19H,3-6,9-11,13-14H2,1-2H3. The number of anilines is 1. The zero-order valence-corrected chi connectivity index (χ0v) is 13.6. The number of rotatable bonds is 4. The lowest BCUT2D eigenvalue weighted by Crippen LogP contribution is -2.37. The van der Waals surface area contributed by atoms with Crippen LogP contribution < -0.4 is 10.2 Å². The molecule has 0 spiro atoms. The second-order valence-corrected chi connectivity index (χ2v) is 6.54. The summed E-state index contributed by atoms with van der Waals surface area (Å²) in [6.45, 7) is 11.4. The van der Waals surface area contributed by atoms with Crippen molar-refractivity contribution < 1.29 is 0 Å². The van der Waals surface area contributed by atoms with Crippen LogP contribution in [0.5, 0.6) is 0 Å². The lowest BCUT2D eigenvalue weighted by molar-refractivity contribution is 0.273. The molecule has 0 saturated carbocycles. The minimum Gasteiger partial charge on any atom is -0.370 e. The number of hydrogen-bond acceptors (Lipinski definition) is 3. The van der Waals surface area contributed by atoms with Crippen LogP contribution in [0.2, 0.25) is 0 Å². The highest BCUT2D eigenvalue weighted by Gasteiger charge is 2.29. The van der Waals surface area contributed by atoms with E-state index in [1.165, 1.54) is 62.3 Å². The number of hydrogen-bond donors (Lipinski definition) is 1. The number of fused-ring (bicyclic) bond motifs is 1. The van der Waals surface area contributed by atoms with Gasteiger partial charge in [0.25, 0.3) is 0 Å². The summed E-state index contributed by atoms with van der Waals surface area (Å²) in [5, 5.41) is 3.50. The van der Waals surface area contributed by atoms with E-state index in [0.717, 1.165) is 19.1 Å². The molecule has 1 N–H and O–H groups in total. The van der Waals surface area contributed by atoms with Gasteiger partial charge in [0, 0.05) is 37.9 Å². The van der Waals surface area contributed by atoms with Gasteiger partial charge in [-0.15, -0.1) is 0 Å². The molecule has 3 heteroatoms. The molecule has 0 aromatic heterocycles. The van der Waals surface area contributed by atoms with E-state index in [1.54, 1.807) is 0 Å². The Kier molecular flexibility index (Phi) is 4.81. The second-order valence-electron chi connectivity index (χ2n) is 6.54. The van der Waals surface area contributed by atoms with Crippen LogP contribution in [0.4, 0.5) is 5.69 Å². The quantitative estimate of drug-likeness (QED) is 0.918. The van der Waals surface area contributed by atoms with E-state index in [-0.39, 0.29) is 0 Å². The maximum atomic E-state index is 3.50. The lowest BCUT2D eigenvalue weighted by Gasteiger charge is -2.29. The van der Waals surface area contributed by atoms with Crippen LogP contribution in [0, 0.1) is 6.92 Å². The van der Waals surface area contributed by atoms with E-state index in [9.17, 15) is 0 Å². The van der Waals surface area contributed by atoms with Gasteiger partial charge >= 0.3 is 0 Å². The van der Waals surface area contributed by atoms with Crippen molar-refractivity contribution in [1.29, 1.82) is 0 Å². The summed E-state index contributed by atoms with van der Waals surface area (Å²) in [6.07, 6.45) is 4.06. The smallest absolute Gasteiger partial charge is 0.0412 e. The van der Waals surface area contributed by atoms with Crippen LogP contribution in [-0.4, -0.2) is 43.7 Å². The number of nitrogens with one attached hydrogen (secondary N) is 1. The summed E-state index contributed by atoms with van der Waals surface area (Å²) in [6, 6.07) is 7.74. The first-order valence-corrected chi connectivity index (χ1v) is 8.57. The predicted octanol–water partition coefficient (Wildman–Crippen LogP) is 2.78. The fraction of sp³-hybridized carbons (Fsp3) is 0.667. The zero-order chi connectivity index (χ0) is 14.7. The highest BCUT2D eigenvalue weighted by Crippen LogP contribution is 2.28. The molecule has 21 heavy (non-hydrogen) atoms. The first kappa shape index (κ1) is 14.9. The third-order valence-corrected chi connectivity index (χ3v) is 4.94. The van der Waals surface area contributed by atoms with Crippen molar-refractivity contribution >= 4 is 5.69 Å². The molecule has 3 nitrogen and oxygen atoms in total. The molecule has 2 fully saturated rings. The minimum absolute atomic E-state index is 0.779. The maximum absolute atomic E-state index is 3.50. The van der Waals surface area contributed by atoms with Gasteiger partial charge in [0.1, 0.15) is 0 Å². The highest BCUT2D eigenvalue weighted by molar-refractivity contribution is 5.55. The van der Waals surface area contributed by atoms with Crippen molar-refractivity contribution in [1.82, 2.24) is 10.2 Å². The molecule has 0 aliphatic carbocycles. The molecule has 0 amide bonds. The van der Waals surface area contributed by atoms with Gasteiger partial charge in [-0.2, -0.15) is 0 Å². The lowest BCUT2D eigenvalue weighted by atomic mass is 10.1. The second kappa shape index (κ2) is 6.80. The fourth-order valence-electron chi connectivity index (χ4n) is 3.85. The van der Waals surface area contributed by atoms with Gasteiger partial charge in [-0.25, -0.2) is 0 Å². The van der Waals surface area contributed by atoms with Gasteiger partial charge in [-0.3, -0.25) is 4.90 Å². The largest absolute Gasteiger partial charge is 0.370 e. The van der Waals surface area contributed by atoms with Gasteiger partial charge in [-0.05, 0) is 50.9 Å². The molecule has 1 atom stereocenters. The van der Waals surface area contributed by atoms with E-state index in [1.807, 2.05) is 0 Å². The first-order chi connectivity index (χ1) is 10.3. The Morgan fingerprint density at radius 1 is 1.19 bits per heavy atom. The molecule has 0 radical (unpaired) electrons. The van der Waals surface area contributed by atoms with Gasteiger partial charge in [0.2, 0.25) is 0 Å². The van der Waals surface area contributed by atoms with E-state index in [4.69, 9.17) is 0 Å². The molecule has 0 bridgehead atoms. The van der Waals surface area contributed by atoms with Crippen LogP contribution in [0.15, 0.2) is 18.2 Å². The minimum atomic E-state index is 0.779. The average molecular weight is 287 g/mol. The monoisotopic (exact) mass is 287 g/mol. The molecule has 2 aliphatic rings. The Hall–Kier alpha value is -1.06. The average Bonchev–Trinajstić information content (AvgIpc) is 2.82. The SMILES string of the molecule is CCNCc1cc(C)ccc1N1CCCN2CCCC2C1. The summed E-state index contributed by atoms with van der Waals surface area (Å²) in [7, 11) is 0. The topological polar surface area (TPSA) is 18.5 Å². The predicted molar refractivity (Wildman–Crippen MR) is 90.0 cm³/mol. The van der Waals surface area contributed by atoms with Crippen LogP contribution in [0.25, 0.3) is 0 Å². The van der Waals surface area contributed by atoms with Gasteiger partial charge in [0.05, 0.1) is 0 Å². The van der Waals surface area contributed by atoms with Crippen molar-refractivity contribution in [3.05, 3.63) is 29.3 Å². The van der Waals surface area contributed by atoms with Crippen molar-refractivity contribution in [2.24, 2.45) is 0 Å². The van der Waals surface area contributed by atoms with Crippen molar-refractivity contribution in [3.63, 3.8) is 0 Å². The first-order valence-electron chi connectivity index (χ1n) is 8.57. The van der Waals surface area contributed by atoms with E-state index >= 15 is 0 Å². The number of nitrogens with zero attached hydrogens (tertiary/aromatic N) is 2. The van der Waals surface area contributed by atoms with Gasteiger partial charge in [-0.1, -0.05) is 24.6 Å². The Bertz CT molecular complexity index is 472. The molecule has 3 rings (SSSR count). The van der Waals surface area contributed by atoms with E-state index < -0.39 is 0 Å². The summed E-state index contributed by atoms with van der Waals surface area (Å²) in [5.41, 5.74) is 4.28. The van der Waals surface area contributed by atoms with Gasteiger partial charge < -0.3 is 10.2 Å². The van der Waals surface area contributed by atoms with Crippen LogP contribution in [-0.2, 0) is 6.54 Å². The molecule has 1 unspecified atom stereocenters. The summed E-state index contributed by atoms with van der Waals surface area (Å²) in [4.78, 5) is 5.35. The van der Waals surface area contributed by atoms with E-state index in [0.29, 0.717) is 0 Å². The number of aryl methyl sites for hydroxylation is 1. The molecule has 2 aliphatic heterocycles. The molecule has 1 aromatic rings. The third-order valence-electron chi connectivity index (χ3n) is 4.94. The Morgan fingerprint density at radius 2 is 2.05 bits per heavy atom. The Balaban J connectivity index is 1.81. The molecule has 2 heterocycles. The molecule has 1 aromatic carbocycles. The molecular weight excluding hydrogens is 258 g/mol. The van der Waals surface area contributed by atoms with Gasteiger partial charge in [0.15, 0.2) is 0 Å².